The van der Waals surface area contributed by atoms with Crippen LogP contribution in [0.15, 0.2) is 70.8 Å². The zero-order valence-electron chi connectivity index (χ0n) is 17.6. The first-order chi connectivity index (χ1) is 15.5. The van der Waals surface area contributed by atoms with Crippen molar-refractivity contribution in [1.29, 1.82) is 0 Å². The lowest BCUT2D eigenvalue weighted by Gasteiger charge is -2.12. The highest BCUT2D eigenvalue weighted by molar-refractivity contribution is 6.02. The standard InChI is InChI=1S/C23H23F2N5O2/c1-31-17-10-16(11-18(12-17)32-2)28-14-29-30-23(26)19-5-3-4-6-22(19)27-13-15-7-8-20(24)21(25)9-15/h3-12,14,27H,13H2,1-2H3,(H2,26,30)(H,28,29). The van der Waals surface area contributed by atoms with Gasteiger partial charge in [-0.2, -0.15) is 5.10 Å². The molecular formula is C23H23F2N5O2. The Hall–Kier alpha value is -4.14. The number of nitrogens with zero attached hydrogens (tertiary/aromatic N) is 2. The number of methoxy groups -OCH3 is 2. The van der Waals surface area contributed by atoms with Crippen molar-refractivity contribution in [3.8, 4) is 11.5 Å². The topological polar surface area (TPSA) is 93.3 Å². The highest BCUT2D eigenvalue weighted by Crippen LogP contribution is 2.27. The summed E-state index contributed by atoms with van der Waals surface area (Å²) in [6.45, 7) is 0.286. The number of hydrogen-bond acceptors (Lipinski definition) is 5. The predicted molar refractivity (Wildman–Crippen MR) is 122 cm³/mol. The Labute approximate surface area is 184 Å². The van der Waals surface area contributed by atoms with Crippen molar-refractivity contribution in [2.24, 2.45) is 15.8 Å². The molecule has 0 aliphatic rings. The molecule has 0 spiro atoms. The maximum atomic E-state index is 13.4. The van der Waals surface area contributed by atoms with Gasteiger partial charge in [0.05, 0.1) is 19.9 Å². The summed E-state index contributed by atoms with van der Waals surface area (Å²) >= 11 is 0. The van der Waals surface area contributed by atoms with Crippen LogP contribution in [0.1, 0.15) is 11.1 Å². The molecule has 0 saturated heterocycles. The maximum absolute atomic E-state index is 13.4. The Bertz CT molecular complexity index is 1110. The number of nitrogens with two attached hydrogens (primary N) is 1. The quantitative estimate of drug-likeness (QED) is 0.264. The first-order valence-electron chi connectivity index (χ1n) is 9.61. The fourth-order valence-corrected chi connectivity index (χ4v) is 2.84. The van der Waals surface area contributed by atoms with Gasteiger partial charge in [-0.1, -0.05) is 18.2 Å². The van der Waals surface area contributed by atoms with Crippen LogP contribution in [0.3, 0.4) is 0 Å². The fraction of sp³-hybridized carbons (Fsp3) is 0.130. The number of para-hydroxylation sites is 1. The molecule has 0 unspecified atom stereocenters. The van der Waals surface area contributed by atoms with Crippen molar-refractivity contribution in [1.82, 2.24) is 5.43 Å². The van der Waals surface area contributed by atoms with Gasteiger partial charge in [0.2, 0.25) is 0 Å². The van der Waals surface area contributed by atoms with E-state index in [4.69, 9.17) is 15.2 Å². The number of hydrazone groups is 1. The fourth-order valence-electron chi connectivity index (χ4n) is 2.84. The van der Waals surface area contributed by atoms with Crippen molar-refractivity contribution in [3.05, 3.63) is 83.4 Å². The van der Waals surface area contributed by atoms with E-state index in [1.54, 1.807) is 38.5 Å². The van der Waals surface area contributed by atoms with E-state index in [0.717, 1.165) is 12.1 Å². The van der Waals surface area contributed by atoms with Crippen molar-refractivity contribution in [2.45, 2.75) is 6.54 Å². The van der Waals surface area contributed by atoms with Crippen LogP contribution in [0.4, 0.5) is 20.2 Å². The number of benzene rings is 3. The highest BCUT2D eigenvalue weighted by atomic mass is 19.2. The zero-order chi connectivity index (χ0) is 22.9. The van der Waals surface area contributed by atoms with E-state index in [-0.39, 0.29) is 12.4 Å². The number of nitrogens with one attached hydrogen (secondary N) is 2. The molecule has 4 N–H and O–H groups in total. The van der Waals surface area contributed by atoms with Crippen LogP contribution < -0.4 is 25.9 Å². The van der Waals surface area contributed by atoms with Crippen LogP contribution in [0.2, 0.25) is 0 Å². The molecule has 0 bridgehead atoms. The summed E-state index contributed by atoms with van der Waals surface area (Å²) in [5.41, 5.74) is 11.3. The third-order valence-corrected chi connectivity index (χ3v) is 4.46. The average molecular weight is 439 g/mol. The Morgan fingerprint density at radius 2 is 1.69 bits per heavy atom. The van der Waals surface area contributed by atoms with Crippen molar-refractivity contribution >= 4 is 23.5 Å². The Morgan fingerprint density at radius 1 is 0.969 bits per heavy atom. The van der Waals surface area contributed by atoms with E-state index < -0.39 is 11.6 Å². The maximum Gasteiger partial charge on any atom is 0.159 e. The third kappa shape index (κ3) is 5.94. The number of amidine groups is 1. The van der Waals surface area contributed by atoms with Gasteiger partial charge in [0.1, 0.15) is 17.8 Å². The van der Waals surface area contributed by atoms with Crippen molar-refractivity contribution in [3.63, 3.8) is 0 Å². The lowest BCUT2D eigenvalue weighted by molar-refractivity contribution is 0.394. The second kappa shape index (κ2) is 10.8. The molecule has 7 nitrogen and oxygen atoms in total. The predicted octanol–water partition coefficient (Wildman–Crippen LogP) is 4.16. The van der Waals surface area contributed by atoms with Gasteiger partial charge in [0.25, 0.3) is 0 Å². The number of hydrogen-bond donors (Lipinski definition) is 3. The normalized spacial score (nSPS) is 11.4. The zero-order valence-corrected chi connectivity index (χ0v) is 17.6. The highest BCUT2D eigenvalue weighted by Gasteiger charge is 2.07. The lowest BCUT2D eigenvalue weighted by Crippen LogP contribution is -2.20. The third-order valence-electron chi connectivity index (χ3n) is 4.46. The molecule has 0 atom stereocenters. The molecule has 3 aromatic rings. The largest absolute Gasteiger partial charge is 0.497 e. The van der Waals surface area contributed by atoms with Crippen LogP contribution in [-0.4, -0.2) is 26.4 Å². The van der Waals surface area contributed by atoms with Gasteiger partial charge in [-0.3, -0.25) is 5.43 Å². The van der Waals surface area contributed by atoms with Crippen molar-refractivity contribution in [2.75, 3.05) is 19.5 Å². The summed E-state index contributed by atoms with van der Waals surface area (Å²) in [5, 5.41) is 7.28. The molecule has 0 heterocycles. The lowest BCUT2D eigenvalue weighted by atomic mass is 10.1. The summed E-state index contributed by atoms with van der Waals surface area (Å²) in [6.07, 6.45) is 1.39. The van der Waals surface area contributed by atoms with Crippen LogP contribution >= 0.6 is 0 Å². The van der Waals surface area contributed by atoms with Crippen LogP contribution in [-0.2, 0) is 6.54 Å². The summed E-state index contributed by atoms with van der Waals surface area (Å²) in [6, 6.07) is 16.2. The smallest absolute Gasteiger partial charge is 0.159 e. The summed E-state index contributed by atoms with van der Waals surface area (Å²) in [5.74, 6) is -0.337. The van der Waals surface area contributed by atoms with Crippen molar-refractivity contribution < 1.29 is 18.3 Å². The molecule has 0 fully saturated rings. The Balaban J connectivity index is 1.67. The monoisotopic (exact) mass is 439 g/mol. The molecule has 3 rings (SSSR count). The number of ether oxygens (including phenoxy) is 2. The van der Waals surface area contributed by atoms with Crippen LogP contribution in [0, 0.1) is 11.6 Å². The van der Waals surface area contributed by atoms with Gasteiger partial charge in [-0.15, -0.1) is 0 Å². The first-order valence-corrected chi connectivity index (χ1v) is 9.61. The molecule has 0 aromatic heterocycles. The van der Waals surface area contributed by atoms with Gasteiger partial charge in [-0.05, 0) is 29.8 Å². The van der Waals surface area contributed by atoms with E-state index in [9.17, 15) is 8.78 Å². The molecule has 0 amide bonds. The minimum Gasteiger partial charge on any atom is -0.497 e. The van der Waals surface area contributed by atoms with E-state index in [0.29, 0.717) is 34.0 Å². The summed E-state index contributed by atoms with van der Waals surface area (Å²) in [4.78, 5) is 4.26. The van der Waals surface area contributed by atoms with Crippen LogP contribution in [0.5, 0.6) is 11.5 Å². The molecule has 3 aromatic carbocycles. The SMILES string of the molecule is COc1cc(N=CN/N=C(\N)c2ccccc2NCc2ccc(F)c(F)c2)cc(OC)c1. The molecule has 0 radical (unpaired) electrons. The van der Waals surface area contributed by atoms with E-state index in [1.165, 1.54) is 12.4 Å². The molecule has 0 aliphatic carbocycles. The number of anilines is 1. The Morgan fingerprint density at radius 3 is 2.38 bits per heavy atom. The summed E-state index contributed by atoms with van der Waals surface area (Å²) < 4.78 is 36.9. The van der Waals surface area contributed by atoms with Gasteiger partial charge in [-0.25, -0.2) is 13.8 Å². The first kappa shape index (κ1) is 22.5. The molecule has 0 saturated carbocycles. The molecular weight excluding hydrogens is 416 g/mol. The van der Waals surface area contributed by atoms with E-state index in [2.05, 4.69) is 20.8 Å². The van der Waals surface area contributed by atoms with Crippen LogP contribution in [0.25, 0.3) is 0 Å². The van der Waals surface area contributed by atoms with Gasteiger partial charge >= 0.3 is 0 Å². The van der Waals surface area contributed by atoms with E-state index in [1.807, 2.05) is 18.2 Å². The number of aliphatic imine (C=N–C) groups is 1. The van der Waals surface area contributed by atoms with Gasteiger partial charge in [0, 0.05) is 36.0 Å². The number of rotatable bonds is 9. The minimum absolute atomic E-state index is 0.216. The average Bonchev–Trinajstić information content (AvgIpc) is 2.82. The van der Waals surface area contributed by atoms with Gasteiger partial charge in [0.15, 0.2) is 17.5 Å². The molecule has 0 aliphatic heterocycles. The molecule has 9 heteroatoms. The molecule has 166 valence electrons. The number of halogens is 2. The van der Waals surface area contributed by atoms with E-state index >= 15 is 0 Å². The minimum atomic E-state index is -0.893. The van der Waals surface area contributed by atoms with Gasteiger partial charge < -0.3 is 20.5 Å². The summed E-state index contributed by atoms with van der Waals surface area (Å²) in [7, 11) is 3.12. The Kier molecular flexibility index (Phi) is 7.58. The second-order valence-electron chi connectivity index (χ2n) is 6.60. The molecule has 32 heavy (non-hydrogen) atoms. The second-order valence-corrected chi connectivity index (χ2v) is 6.60.